The number of aromatic amines is 1. The lowest BCUT2D eigenvalue weighted by molar-refractivity contribution is -0.158. The zero-order valence-corrected chi connectivity index (χ0v) is 28.4. The van der Waals surface area contributed by atoms with Gasteiger partial charge in [-0.1, -0.05) is 40.2 Å². The predicted molar refractivity (Wildman–Crippen MR) is 181 cm³/mol. The summed E-state index contributed by atoms with van der Waals surface area (Å²) < 4.78 is 13.9. The summed E-state index contributed by atoms with van der Waals surface area (Å²) in [4.78, 5) is 63.6. The molecule has 1 N–H and O–H groups in total. The number of H-pyrrole nitrogens is 1. The van der Waals surface area contributed by atoms with Crippen molar-refractivity contribution in [1.82, 2.24) is 4.98 Å². The number of alkyl halides is 1. The third-order valence-electron chi connectivity index (χ3n) is 8.97. The first-order valence-electron chi connectivity index (χ1n) is 15.8. The predicted octanol–water partition coefficient (Wildman–Crippen LogP) is 6.86. The maximum Gasteiger partial charge on any atom is 0.341 e. The van der Waals surface area contributed by atoms with Gasteiger partial charge in [-0.2, -0.15) is 0 Å². The largest absolute Gasteiger partial charge is 0.465 e. The molecule has 10 nitrogen and oxygen atoms in total. The van der Waals surface area contributed by atoms with Gasteiger partial charge in [0, 0.05) is 28.5 Å². The van der Waals surface area contributed by atoms with E-state index in [4.69, 9.17) is 11.3 Å². The number of benzene rings is 2. The number of fused-ring (bicyclic) bond motifs is 5. The highest BCUT2D eigenvalue weighted by Gasteiger charge is 2.29. The summed E-state index contributed by atoms with van der Waals surface area (Å²) in [5.74, 6) is -1.50. The SMILES string of the molecule is COC(=O)c1ccc2c(c1)Cc1c-2[nH]c(=O)c2c1CCCC2.O=C1CC2=C(CCCC2)C(=O)O1.[C-]#[N+]c1ccc(C(=O)OC)cc1CBr. The van der Waals surface area contributed by atoms with E-state index in [1.165, 1.54) is 25.3 Å². The maximum atomic E-state index is 12.3. The second-order valence-corrected chi connectivity index (χ2v) is 12.4. The van der Waals surface area contributed by atoms with Crippen molar-refractivity contribution in [3.05, 3.63) is 108 Å². The Labute approximate surface area is 286 Å². The lowest BCUT2D eigenvalue weighted by Gasteiger charge is -2.21. The zero-order valence-electron chi connectivity index (χ0n) is 26.8. The molecule has 3 aromatic rings. The Morgan fingerprint density at radius 3 is 2.19 bits per heavy atom. The van der Waals surface area contributed by atoms with E-state index in [1.807, 2.05) is 12.1 Å². The van der Waals surface area contributed by atoms with Gasteiger partial charge in [-0.05, 0) is 91.3 Å². The molecule has 0 unspecified atom stereocenters. The number of cyclic esters (lactones) is 2. The van der Waals surface area contributed by atoms with Gasteiger partial charge in [0.15, 0.2) is 5.69 Å². The van der Waals surface area contributed by atoms with Crippen molar-refractivity contribution in [1.29, 1.82) is 0 Å². The first-order chi connectivity index (χ1) is 23.2. The second-order valence-electron chi connectivity index (χ2n) is 11.8. The van der Waals surface area contributed by atoms with Gasteiger partial charge in [-0.3, -0.25) is 9.59 Å². The van der Waals surface area contributed by atoms with Gasteiger partial charge in [0.25, 0.3) is 5.56 Å². The molecule has 1 aliphatic heterocycles. The molecule has 0 amide bonds. The monoisotopic (exact) mass is 714 g/mol. The fourth-order valence-electron chi connectivity index (χ4n) is 6.58. The molecule has 0 fully saturated rings. The molecule has 7 rings (SSSR count). The van der Waals surface area contributed by atoms with Crippen molar-refractivity contribution in [2.45, 2.75) is 69.5 Å². The summed E-state index contributed by atoms with van der Waals surface area (Å²) in [5.41, 5.74) is 10.7. The van der Waals surface area contributed by atoms with Crippen LogP contribution in [0, 0.1) is 6.57 Å². The molecule has 0 saturated heterocycles. The average molecular weight is 716 g/mol. The van der Waals surface area contributed by atoms with Gasteiger partial charge in [0.05, 0.1) is 44.0 Å². The molecule has 0 bridgehead atoms. The minimum atomic E-state index is -0.402. The summed E-state index contributed by atoms with van der Waals surface area (Å²) in [7, 11) is 2.72. The van der Waals surface area contributed by atoms with Crippen molar-refractivity contribution in [2.24, 2.45) is 0 Å². The van der Waals surface area contributed by atoms with Crippen LogP contribution in [0.1, 0.15) is 93.5 Å². The van der Waals surface area contributed by atoms with Crippen LogP contribution in [0.4, 0.5) is 5.69 Å². The van der Waals surface area contributed by atoms with Crippen LogP contribution >= 0.6 is 15.9 Å². The highest BCUT2D eigenvalue weighted by atomic mass is 79.9. The first-order valence-corrected chi connectivity index (χ1v) is 16.9. The molecule has 2 heterocycles. The summed E-state index contributed by atoms with van der Waals surface area (Å²) in [6, 6.07) is 10.4. The lowest BCUT2D eigenvalue weighted by atomic mass is 9.88. The zero-order chi connectivity index (χ0) is 34.4. The molecular weight excluding hydrogens is 680 g/mol. The number of nitrogens with one attached hydrogen (secondary N) is 1. The summed E-state index contributed by atoms with van der Waals surface area (Å²) in [5, 5.41) is 0.551. The van der Waals surface area contributed by atoms with Crippen molar-refractivity contribution in [2.75, 3.05) is 14.2 Å². The Hall–Kier alpha value is -4.82. The van der Waals surface area contributed by atoms with E-state index < -0.39 is 5.97 Å². The molecule has 0 saturated carbocycles. The van der Waals surface area contributed by atoms with Crippen LogP contribution in [0.25, 0.3) is 16.1 Å². The van der Waals surface area contributed by atoms with Crippen molar-refractivity contribution in [3.63, 3.8) is 0 Å². The van der Waals surface area contributed by atoms with Gasteiger partial charge in [-0.15, -0.1) is 0 Å². The molecule has 1 aromatic heterocycles. The highest BCUT2D eigenvalue weighted by molar-refractivity contribution is 9.08. The van der Waals surface area contributed by atoms with E-state index in [0.717, 1.165) is 96.9 Å². The molecular formula is C37H35BrN2O8. The van der Waals surface area contributed by atoms with Gasteiger partial charge < -0.3 is 19.2 Å². The Balaban J connectivity index is 0.000000150. The van der Waals surface area contributed by atoms with E-state index in [0.29, 0.717) is 28.6 Å². The number of halogens is 1. The van der Waals surface area contributed by atoms with Gasteiger partial charge in [0.2, 0.25) is 0 Å². The van der Waals surface area contributed by atoms with Crippen LogP contribution in [0.3, 0.4) is 0 Å². The van der Waals surface area contributed by atoms with Crippen molar-refractivity contribution in [3.8, 4) is 11.3 Å². The molecule has 3 aliphatic carbocycles. The van der Waals surface area contributed by atoms with Crippen LogP contribution in [0.15, 0.2) is 52.3 Å². The summed E-state index contributed by atoms with van der Waals surface area (Å²) >= 11 is 3.26. The Bertz CT molecular complexity index is 1930. The molecule has 4 aliphatic rings. The maximum absolute atomic E-state index is 12.3. The number of methoxy groups -OCH3 is 2. The standard InChI is InChI=1S/C18H17NO3.C10H8BrNO2.C9H10O3/c1-22-18(21)10-6-7-12-11(8-10)9-15-13-4-2-3-5-14(13)17(20)19-16(12)15;1-12-9-4-3-7(10(13)14-2)5-8(9)6-11;10-8-5-6-3-1-2-4-7(6)9(11)12-8/h6-8H,2-5,9H2,1H3,(H,19,20);3-5H,6H2,2H3;1-5H2. The topological polar surface area (TPSA) is 133 Å². The summed E-state index contributed by atoms with van der Waals surface area (Å²) in [6.45, 7) is 6.90. The molecule has 248 valence electrons. The molecule has 0 radical (unpaired) electrons. The Morgan fingerprint density at radius 1 is 0.854 bits per heavy atom. The summed E-state index contributed by atoms with van der Waals surface area (Å²) in [6.07, 6.45) is 9.05. The minimum absolute atomic E-state index is 0.0540. The van der Waals surface area contributed by atoms with Crippen LogP contribution in [-0.4, -0.2) is 43.1 Å². The number of nitrogens with zero attached hydrogens (tertiary/aromatic N) is 1. The Morgan fingerprint density at radius 2 is 1.50 bits per heavy atom. The molecule has 0 spiro atoms. The van der Waals surface area contributed by atoms with Crippen LogP contribution < -0.4 is 5.56 Å². The number of rotatable bonds is 3. The number of esters is 4. The highest BCUT2D eigenvalue weighted by Crippen LogP contribution is 2.39. The number of carbonyl (C=O) groups is 4. The van der Waals surface area contributed by atoms with Crippen molar-refractivity contribution >= 4 is 45.5 Å². The molecule has 0 atom stereocenters. The lowest BCUT2D eigenvalue weighted by Crippen LogP contribution is -2.24. The molecule has 48 heavy (non-hydrogen) atoms. The van der Waals surface area contributed by atoms with Crippen LogP contribution in [0.5, 0.6) is 0 Å². The van der Waals surface area contributed by atoms with Crippen LogP contribution in [0.2, 0.25) is 0 Å². The average Bonchev–Trinajstić information content (AvgIpc) is 3.49. The van der Waals surface area contributed by atoms with E-state index in [2.05, 4.69) is 35.2 Å². The number of hydrogen-bond acceptors (Lipinski definition) is 8. The number of pyridine rings is 1. The number of hydrogen-bond donors (Lipinski definition) is 1. The van der Waals surface area contributed by atoms with Crippen LogP contribution in [-0.2, 0) is 48.4 Å². The number of ether oxygens (including phenoxy) is 3. The van der Waals surface area contributed by atoms with E-state index in [-0.39, 0.29) is 23.5 Å². The Kier molecular flexibility index (Phi) is 11.1. The number of carbonyl (C=O) groups excluding carboxylic acids is 4. The van der Waals surface area contributed by atoms with Gasteiger partial charge >= 0.3 is 23.9 Å². The normalized spacial score (nSPS) is 15.5. The first kappa shape index (κ1) is 34.5. The second kappa shape index (κ2) is 15.4. The van der Waals surface area contributed by atoms with Crippen molar-refractivity contribution < 1.29 is 33.4 Å². The van der Waals surface area contributed by atoms with Gasteiger partial charge in [-0.25, -0.2) is 19.2 Å². The minimum Gasteiger partial charge on any atom is -0.465 e. The van der Waals surface area contributed by atoms with E-state index in [9.17, 15) is 24.0 Å². The fourth-order valence-corrected chi connectivity index (χ4v) is 7.03. The van der Waals surface area contributed by atoms with Gasteiger partial charge in [0.1, 0.15) is 0 Å². The van der Waals surface area contributed by atoms with E-state index in [1.54, 1.807) is 24.3 Å². The van der Waals surface area contributed by atoms with E-state index >= 15 is 0 Å². The number of aromatic nitrogens is 1. The molecule has 11 heteroatoms. The quantitative estimate of drug-likeness (QED) is 0.0800. The third-order valence-corrected chi connectivity index (χ3v) is 9.57. The fraction of sp³-hybridized carbons (Fsp3) is 0.351. The molecule has 2 aromatic carbocycles. The third kappa shape index (κ3) is 7.34. The smallest absolute Gasteiger partial charge is 0.341 e.